The molecule has 0 atom stereocenters. The number of nitrogens with one attached hydrogen (secondary N) is 1. The monoisotopic (exact) mass is 450 g/mol. The van der Waals surface area contributed by atoms with Crippen molar-refractivity contribution in [2.24, 2.45) is 7.05 Å². The molecule has 148 valence electrons. The zero-order chi connectivity index (χ0) is 20.5. The predicted octanol–water partition coefficient (Wildman–Crippen LogP) is 5.66. The average Bonchev–Trinajstić information content (AvgIpc) is 2.99. The summed E-state index contributed by atoms with van der Waals surface area (Å²) < 4.78 is 8.45. The molecule has 5 heteroatoms. The van der Waals surface area contributed by atoms with Crippen LogP contribution >= 0.6 is 15.9 Å². The van der Waals surface area contributed by atoms with E-state index < -0.39 is 0 Å². The second-order valence-electron chi connectivity index (χ2n) is 7.01. The summed E-state index contributed by atoms with van der Waals surface area (Å²) in [7, 11) is 3.87. The van der Waals surface area contributed by atoms with E-state index in [-0.39, 0.29) is 5.97 Å². The minimum atomic E-state index is -0.283. The van der Waals surface area contributed by atoms with Gasteiger partial charge in [0.05, 0.1) is 17.7 Å². The number of nitrogens with zero attached hydrogens (tertiary/aromatic N) is 1. The average molecular weight is 451 g/mol. The van der Waals surface area contributed by atoms with E-state index in [1.807, 2.05) is 27.1 Å². The number of aryl methyl sites for hydroxylation is 1. The first-order chi connectivity index (χ1) is 14.1. The molecule has 1 N–H and O–H groups in total. The highest BCUT2D eigenvalue weighted by atomic mass is 79.9. The van der Waals surface area contributed by atoms with Gasteiger partial charge in [-0.05, 0) is 48.0 Å². The Morgan fingerprint density at radius 1 is 1.07 bits per heavy atom. The molecule has 0 bridgehead atoms. The summed E-state index contributed by atoms with van der Waals surface area (Å²) in [6.07, 6.45) is 0. The lowest BCUT2D eigenvalue weighted by molar-refractivity contribution is 0.0527. The van der Waals surface area contributed by atoms with Gasteiger partial charge in [-0.1, -0.05) is 58.4 Å². The Morgan fingerprint density at radius 2 is 1.83 bits per heavy atom. The van der Waals surface area contributed by atoms with E-state index in [0.29, 0.717) is 18.7 Å². The van der Waals surface area contributed by atoms with E-state index in [4.69, 9.17) is 4.74 Å². The Bertz CT molecular complexity index is 1220. The summed E-state index contributed by atoms with van der Waals surface area (Å²) in [6.45, 7) is 2.76. The zero-order valence-electron chi connectivity index (χ0n) is 16.8. The molecule has 0 spiro atoms. The van der Waals surface area contributed by atoms with E-state index >= 15 is 0 Å². The smallest absolute Gasteiger partial charge is 0.340 e. The first kappa shape index (κ1) is 19.7. The van der Waals surface area contributed by atoms with Gasteiger partial charge in [-0.2, -0.15) is 0 Å². The molecule has 4 aromatic rings. The highest BCUT2D eigenvalue weighted by Gasteiger charge is 2.23. The summed E-state index contributed by atoms with van der Waals surface area (Å²) in [5, 5.41) is 6.44. The number of fused-ring (bicyclic) bond motifs is 2. The topological polar surface area (TPSA) is 43.3 Å². The number of esters is 1. The maximum absolute atomic E-state index is 12.8. The lowest BCUT2D eigenvalue weighted by Gasteiger charge is -2.10. The van der Waals surface area contributed by atoms with E-state index in [9.17, 15) is 4.79 Å². The molecule has 1 aromatic heterocycles. The van der Waals surface area contributed by atoms with E-state index in [2.05, 4.69) is 74.3 Å². The third-order valence-corrected chi connectivity index (χ3v) is 5.97. The standard InChI is InChI=1S/C24H23BrN2O2/c1-4-29-24(28)23-19-12-18(17-11-7-9-15-8-5-6-10-16(15)17)20(25)13-21(19)27(3)22(23)14-26-2/h5-13,26H,4,14H2,1-3H3. The minimum Gasteiger partial charge on any atom is -0.462 e. The molecule has 0 aliphatic rings. The Labute approximate surface area is 178 Å². The molecular formula is C24H23BrN2O2. The van der Waals surface area contributed by atoms with Gasteiger partial charge < -0.3 is 14.6 Å². The Hall–Kier alpha value is -2.63. The number of carbonyl (C=O) groups excluding carboxylic acids is 1. The van der Waals surface area contributed by atoms with Gasteiger partial charge in [-0.15, -0.1) is 0 Å². The minimum absolute atomic E-state index is 0.283. The zero-order valence-corrected chi connectivity index (χ0v) is 18.3. The first-order valence-electron chi connectivity index (χ1n) is 9.67. The molecule has 0 fully saturated rings. The van der Waals surface area contributed by atoms with Gasteiger partial charge in [0.15, 0.2) is 0 Å². The van der Waals surface area contributed by atoms with Crippen LogP contribution in [0.15, 0.2) is 59.1 Å². The number of hydrogen-bond donors (Lipinski definition) is 1. The number of hydrogen-bond acceptors (Lipinski definition) is 3. The maximum atomic E-state index is 12.8. The fraction of sp³-hybridized carbons (Fsp3) is 0.208. The number of rotatable bonds is 5. The van der Waals surface area contributed by atoms with Crippen LogP contribution in [0.5, 0.6) is 0 Å². The van der Waals surface area contributed by atoms with Crippen molar-refractivity contribution in [2.75, 3.05) is 13.7 Å². The molecule has 4 nitrogen and oxygen atoms in total. The number of ether oxygens (including phenoxy) is 1. The number of halogens is 1. The molecule has 29 heavy (non-hydrogen) atoms. The van der Waals surface area contributed by atoms with Crippen LogP contribution in [0, 0.1) is 0 Å². The number of benzene rings is 3. The molecule has 4 rings (SSSR count). The number of aromatic nitrogens is 1. The van der Waals surface area contributed by atoms with Gasteiger partial charge in [0.25, 0.3) is 0 Å². The fourth-order valence-electron chi connectivity index (χ4n) is 3.98. The van der Waals surface area contributed by atoms with Gasteiger partial charge in [-0.25, -0.2) is 4.79 Å². The summed E-state index contributed by atoms with van der Waals surface area (Å²) >= 11 is 3.77. The quantitative estimate of drug-likeness (QED) is 0.399. The van der Waals surface area contributed by atoms with Crippen LogP contribution in [0.3, 0.4) is 0 Å². The Morgan fingerprint density at radius 3 is 2.59 bits per heavy atom. The van der Waals surface area contributed by atoms with E-state index in [1.165, 1.54) is 10.8 Å². The van der Waals surface area contributed by atoms with Gasteiger partial charge in [0.1, 0.15) is 0 Å². The van der Waals surface area contributed by atoms with Crippen molar-refractivity contribution in [3.8, 4) is 11.1 Å². The second kappa shape index (κ2) is 8.01. The molecule has 0 radical (unpaired) electrons. The summed E-state index contributed by atoms with van der Waals surface area (Å²) in [4.78, 5) is 12.8. The molecule has 0 saturated carbocycles. The fourth-order valence-corrected chi connectivity index (χ4v) is 4.53. The molecular weight excluding hydrogens is 428 g/mol. The van der Waals surface area contributed by atoms with Gasteiger partial charge in [0.2, 0.25) is 0 Å². The van der Waals surface area contributed by atoms with Gasteiger partial charge in [-0.3, -0.25) is 0 Å². The highest BCUT2D eigenvalue weighted by molar-refractivity contribution is 9.10. The molecule has 0 amide bonds. The largest absolute Gasteiger partial charge is 0.462 e. The van der Waals surface area contributed by atoms with Crippen molar-refractivity contribution in [3.63, 3.8) is 0 Å². The van der Waals surface area contributed by atoms with Crippen LogP contribution in [-0.4, -0.2) is 24.2 Å². The lowest BCUT2D eigenvalue weighted by Crippen LogP contribution is -2.14. The molecule has 0 saturated heterocycles. The van der Waals surface area contributed by atoms with Crippen molar-refractivity contribution in [3.05, 3.63) is 70.3 Å². The Kier molecular flexibility index (Phi) is 5.43. The van der Waals surface area contributed by atoms with Crippen LogP contribution in [0.2, 0.25) is 0 Å². The predicted molar refractivity (Wildman–Crippen MR) is 122 cm³/mol. The molecule has 0 aliphatic carbocycles. The molecule has 0 aliphatic heterocycles. The van der Waals surface area contributed by atoms with Crippen LogP contribution in [0.25, 0.3) is 32.8 Å². The third kappa shape index (κ3) is 3.34. The van der Waals surface area contributed by atoms with Crippen molar-refractivity contribution in [2.45, 2.75) is 13.5 Å². The normalized spacial score (nSPS) is 11.3. The maximum Gasteiger partial charge on any atom is 0.340 e. The highest BCUT2D eigenvalue weighted by Crippen LogP contribution is 2.38. The van der Waals surface area contributed by atoms with Crippen molar-refractivity contribution < 1.29 is 9.53 Å². The van der Waals surface area contributed by atoms with Crippen LogP contribution in [-0.2, 0) is 18.3 Å². The second-order valence-corrected chi connectivity index (χ2v) is 7.86. The van der Waals surface area contributed by atoms with Crippen LogP contribution in [0.4, 0.5) is 0 Å². The van der Waals surface area contributed by atoms with Crippen LogP contribution in [0.1, 0.15) is 23.0 Å². The van der Waals surface area contributed by atoms with Crippen LogP contribution < -0.4 is 5.32 Å². The summed E-state index contributed by atoms with van der Waals surface area (Å²) in [6, 6.07) is 18.8. The van der Waals surface area contributed by atoms with E-state index in [0.717, 1.165) is 32.2 Å². The molecule has 1 heterocycles. The third-order valence-electron chi connectivity index (χ3n) is 5.31. The SMILES string of the molecule is CCOC(=O)c1c(CNC)n(C)c2cc(Br)c(-c3cccc4ccccc34)cc12. The van der Waals surface area contributed by atoms with Crippen molar-refractivity contribution in [1.82, 2.24) is 9.88 Å². The lowest BCUT2D eigenvalue weighted by atomic mass is 9.96. The summed E-state index contributed by atoms with van der Waals surface area (Å²) in [5.74, 6) is -0.283. The molecule has 0 unspecified atom stereocenters. The molecule has 3 aromatic carbocycles. The van der Waals surface area contributed by atoms with E-state index in [1.54, 1.807) is 0 Å². The Balaban J connectivity index is 2.03. The van der Waals surface area contributed by atoms with Crippen molar-refractivity contribution in [1.29, 1.82) is 0 Å². The van der Waals surface area contributed by atoms with Crippen molar-refractivity contribution >= 4 is 43.6 Å². The number of carbonyl (C=O) groups is 1. The first-order valence-corrected chi connectivity index (χ1v) is 10.5. The van der Waals surface area contributed by atoms with Gasteiger partial charge in [0, 0.05) is 29.1 Å². The summed E-state index contributed by atoms with van der Waals surface area (Å²) in [5.41, 5.74) is 4.73. The van der Waals surface area contributed by atoms with Gasteiger partial charge >= 0.3 is 5.97 Å².